The molecule has 5 heteroatoms. The molecule has 0 saturated heterocycles. The third-order valence-corrected chi connectivity index (χ3v) is 4.33. The van der Waals surface area contributed by atoms with Crippen LogP contribution in [0.25, 0.3) is 11.1 Å². The quantitative estimate of drug-likeness (QED) is 0.638. The van der Waals surface area contributed by atoms with Gasteiger partial charge in [0.05, 0.1) is 0 Å². The van der Waals surface area contributed by atoms with Crippen molar-refractivity contribution in [1.82, 2.24) is 4.72 Å². The molecule has 0 aliphatic carbocycles. The average molecular weight is 350 g/mol. The number of benzene rings is 3. The van der Waals surface area contributed by atoms with Gasteiger partial charge in [-0.25, -0.2) is 4.79 Å². The molecule has 0 unspecified atom stereocenters. The summed E-state index contributed by atoms with van der Waals surface area (Å²) in [5.41, 5.74) is 8.53. The number of hydrogen-bond donors (Lipinski definition) is 2. The summed E-state index contributed by atoms with van der Waals surface area (Å²) in [4.78, 5) is 11.6. The summed E-state index contributed by atoms with van der Waals surface area (Å²) in [6, 6.07) is 25.5. The molecule has 3 aromatic rings. The molecule has 0 heterocycles. The van der Waals surface area contributed by atoms with Gasteiger partial charge in [-0.05, 0) is 46.8 Å². The van der Waals surface area contributed by atoms with E-state index >= 15 is 0 Å². The molecule has 25 heavy (non-hydrogen) atoms. The van der Waals surface area contributed by atoms with E-state index < -0.39 is 6.03 Å². The van der Waals surface area contributed by atoms with Gasteiger partial charge in [-0.2, -0.15) is 0 Å². The molecule has 4 nitrogen and oxygen atoms in total. The number of ether oxygens (including phenoxy) is 1. The van der Waals surface area contributed by atoms with Gasteiger partial charge in [0.15, 0.2) is 0 Å². The summed E-state index contributed by atoms with van der Waals surface area (Å²) in [7, 11) is 0. The molecule has 0 atom stereocenters. The molecule has 0 fully saturated rings. The Morgan fingerprint density at radius 3 is 2.36 bits per heavy atom. The summed E-state index contributed by atoms with van der Waals surface area (Å²) in [6.07, 6.45) is 0. The second-order valence-electron chi connectivity index (χ2n) is 5.39. The van der Waals surface area contributed by atoms with Gasteiger partial charge in [-0.15, -0.1) is 0 Å². The van der Waals surface area contributed by atoms with Gasteiger partial charge in [-0.1, -0.05) is 60.7 Å². The zero-order valence-electron chi connectivity index (χ0n) is 13.5. The number of carbonyl (C=O) groups excluding carboxylic acids is 1. The van der Waals surface area contributed by atoms with Crippen LogP contribution in [0.2, 0.25) is 0 Å². The Morgan fingerprint density at radius 1 is 0.920 bits per heavy atom. The normalized spacial score (nSPS) is 10.2. The molecule has 126 valence electrons. The number of urea groups is 1. The van der Waals surface area contributed by atoms with Gasteiger partial charge in [0.25, 0.3) is 0 Å². The van der Waals surface area contributed by atoms with E-state index in [9.17, 15) is 4.79 Å². The molecule has 0 saturated carbocycles. The third-order valence-electron chi connectivity index (χ3n) is 3.54. The first kappa shape index (κ1) is 16.9. The fourth-order valence-corrected chi connectivity index (χ4v) is 2.87. The maximum Gasteiger partial charge on any atom is 0.322 e. The number of nitrogens with two attached hydrogens (primary N) is 1. The Balaban J connectivity index is 1.60. The van der Waals surface area contributed by atoms with E-state index in [1.165, 1.54) is 11.1 Å². The van der Waals surface area contributed by atoms with Gasteiger partial charge < -0.3 is 10.5 Å². The van der Waals surface area contributed by atoms with E-state index in [0.717, 1.165) is 28.2 Å². The van der Waals surface area contributed by atoms with Crippen molar-refractivity contribution >= 4 is 18.0 Å². The standard InChI is InChI=1S/C20H18N2O2S/c21-20(23)22-25-19-8-4-7-18(13-19)24-14-15-9-11-17(12-10-15)16-5-2-1-3-6-16/h1-13H,14H2,(H3,21,22,23). The number of hydrogen-bond acceptors (Lipinski definition) is 3. The fourth-order valence-electron chi connectivity index (χ4n) is 2.33. The Kier molecular flexibility index (Phi) is 5.59. The summed E-state index contributed by atoms with van der Waals surface area (Å²) in [5, 5.41) is 0. The maximum atomic E-state index is 10.8. The van der Waals surface area contributed by atoms with Crippen molar-refractivity contribution in [2.45, 2.75) is 11.5 Å². The van der Waals surface area contributed by atoms with E-state index in [-0.39, 0.29) is 0 Å². The van der Waals surface area contributed by atoms with Crippen molar-refractivity contribution in [3.8, 4) is 16.9 Å². The topological polar surface area (TPSA) is 64.4 Å². The van der Waals surface area contributed by atoms with E-state index in [0.29, 0.717) is 6.61 Å². The minimum atomic E-state index is -0.574. The molecule has 3 N–H and O–H groups in total. The van der Waals surface area contributed by atoms with Crippen LogP contribution in [0.1, 0.15) is 5.56 Å². The lowest BCUT2D eigenvalue weighted by atomic mass is 10.0. The van der Waals surface area contributed by atoms with Crippen molar-refractivity contribution in [2.75, 3.05) is 0 Å². The van der Waals surface area contributed by atoms with E-state index in [2.05, 4.69) is 41.1 Å². The fraction of sp³-hybridized carbons (Fsp3) is 0.0500. The van der Waals surface area contributed by atoms with E-state index in [4.69, 9.17) is 10.5 Å². The molecule has 0 aromatic heterocycles. The Bertz CT molecular complexity index is 836. The highest BCUT2D eigenvalue weighted by Crippen LogP contribution is 2.23. The molecule has 3 rings (SSSR count). The lowest BCUT2D eigenvalue weighted by Crippen LogP contribution is -2.22. The predicted molar refractivity (Wildman–Crippen MR) is 101 cm³/mol. The molecule has 0 bridgehead atoms. The van der Waals surface area contributed by atoms with Crippen molar-refractivity contribution in [2.24, 2.45) is 5.73 Å². The molecule has 0 radical (unpaired) electrons. The smallest absolute Gasteiger partial charge is 0.322 e. The van der Waals surface area contributed by atoms with Crippen molar-refractivity contribution in [3.05, 3.63) is 84.4 Å². The number of carbonyl (C=O) groups is 1. The van der Waals surface area contributed by atoms with Crippen LogP contribution in [-0.4, -0.2) is 6.03 Å². The third kappa shape index (κ3) is 5.02. The Morgan fingerprint density at radius 2 is 1.64 bits per heavy atom. The largest absolute Gasteiger partial charge is 0.489 e. The Labute approximate surface area is 151 Å². The highest BCUT2D eigenvalue weighted by Gasteiger charge is 2.02. The Hall–Kier alpha value is -2.92. The van der Waals surface area contributed by atoms with Crippen LogP contribution >= 0.6 is 11.9 Å². The zero-order valence-corrected chi connectivity index (χ0v) is 14.3. The average Bonchev–Trinajstić information content (AvgIpc) is 2.66. The molecule has 0 aliphatic heterocycles. The molecular weight excluding hydrogens is 332 g/mol. The first-order chi connectivity index (χ1) is 12.2. The van der Waals surface area contributed by atoms with Crippen LogP contribution in [0.4, 0.5) is 4.79 Å². The van der Waals surface area contributed by atoms with Crippen LogP contribution in [0, 0.1) is 0 Å². The zero-order chi connectivity index (χ0) is 17.5. The van der Waals surface area contributed by atoms with Crippen LogP contribution in [-0.2, 0) is 6.61 Å². The molecular formula is C20H18N2O2S. The summed E-state index contributed by atoms with van der Waals surface area (Å²) >= 11 is 1.16. The maximum absolute atomic E-state index is 10.8. The summed E-state index contributed by atoms with van der Waals surface area (Å²) in [5.74, 6) is 0.739. The van der Waals surface area contributed by atoms with Crippen LogP contribution in [0.5, 0.6) is 5.75 Å². The molecule has 0 spiro atoms. The monoisotopic (exact) mass is 350 g/mol. The van der Waals surface area contributed by atoms with Gasteiger partial charge in [0.1, 0.15) is 12.4 Å². The number of rotatable bonds is 6. The van der Waals surface area contributed by atoms with E-state index in [1.807, 2.05) is 42.5 Å². The first-order valence-corrected chi connectivity index (χ1v) is 8.62. The van der Waals surface area contributed by atoms with Gasteiger partial charge in [0, 0.05) is 4.90 Å². The van der Waals surface area contributed by atoms with E-state index in [1.54, 1.807) is 0 Å². The highest BCUT2D eigenvalue weighted by atomic mass is 32.2. The van der Waals surface area contributed by atoms with Crippen molar-refractivity contribution in [3.63, 3.8) is 0 Å². The molecule has 3 aromatic carbocycles. The highest BCUT2D eigenvalue weighted by molar-refractivity contribution is 7.98. The minimum Gasteiger partial charge on any atom is -0.489 e. The van der Waals surface area contributed by atoms with Crippen LogP contribution < -0.4 is 15.2 Å². The van der Waals surface area contributed by atoms with Gasteiger partial charge in [-0.3, -0.25) is 4.72 Å². The van der Waals surface area contributed by atoms with Gasteiger partial charge in [0.2, 0.25) is 0 Å². The first-order valence-electron chi connectivity index (χ1n) is 7.80. The number of nitrogens with one attached hydrogen (secondary N) is 1. The second kappa shape index (κ2) is 8.26. The summed E-state index contributed by atoms with van der Waals surface area (Å²) in [6.45, 7) is 0.479. The predicted octanol–water partition coefficient (Wildman–Crippen LogP) is 4.61. The lowest BCUT2D eigenvalue weighted by Gasteiger charge is -2.09. The van der Waals surface area contributed by atoms with Crippen LogP contribution in [0.3, 0.4) is 0 Å². The second-order valence-corrected chi connectivity index (χ2v) is 6.27. The lowest BCUT2D eigenvalue weighted by molar-refractivity contribution is 0.254. The molecule has 2 amide bonds. The van der Waals surface area contributed by atoms with Gasteiger partial charge >= 0.3 is 6.03 Å². The number of amides is 2. The minimum absolute atomic E-state index is 0.479. The van der Waals surface area contributed by atoms with Crippen molar-refractivity contribution < 1.29 is 9.53 Å². The molecule has 0 aliphatic rings. The SMILES string of the molecule is NC(=O)NSc1cccc(OCc2ccc(-c3ccccc3)cc2)c1. The van der Waals surface area contributed by atoms with Crippen LogP contribution in [0.15, 0.2) is 83.8 Å². The number of primary amides is 1. The van der Waals surface area contributed by atoms with Crippen molar-refractivity contribution in [1.29, 1.82) is 0 Å². The summed E-state index contributed by atoms with van der Waals surface area (Å²) < 4.78 is 8.31.